The van der Waals surface area contributed by atoms with Crippen molar-refractivity contribution >= 4 is 5.78 Å². The molecule has 0 aliphatic heterocycles. The monoisotopic (exact) mass is 198 g/mol. The van der Waals surface area contributed by atoms with Crippen LogP contribution >= 0.6 is 0 Å². The summed E-state index contributed by atoms with van der Waals surface area (Å²) in [5.74, 6) is -2.13. The summed E-state index contributed by atoms with van der Waals surface area (Å²) in [4.78, 5) is 11.3. The van der Waals surface area contributed by atoms with Gasteiger partial charge in [-0.2, -0.15) is 0 Å². The Morgan fingerprint density at radius 3 is 2.50 bits per heavy atom. The molecule has 0 aromatic heterocycles. The third-order valence-corrected chi connectivity index (χ3v) is 2.28. The number of hydrogen-bond acceptors (Lipinski definition) is 1. The van der Waals surface area contributed by atoms with E-state index in [1.807, 2.05) is 0 Å². The smallest absolute Gasteiger partial charge is 0.159 e. The zero-order valence-electron chi connectivity index (χ0n) is 8.18. The molecule has 1 unspecified atom stereocenters. The minimum absolute atomic E-state index is 0.0241. The van der Waals surface area contributed by atoms with Crippen molar-refractivity contribution in [1.82, 2.24) is 0 Å². The van der Waals surface area contributed by atoms with E-state index in [0.29, 0.717) is 12.0 Å². The molecule has 0 aliphatic carbocycles. The van der Waals surface area contributed by atoms with Gasteiger partial charge in [0.05, 0.1) is 0 Å². The highest BCUT2D eigenvalue weighted by atomic mass is 19.2. The van der Waals surface area contributed by atoms with Gasteiger partial charge in [-0.3, -0.25) is 4.79 Å². The van der Waals surface area contributed by atoms with E-state index in [0.717, 1.165) is 12.1 Å². The summed E-state index contributed by atoms with van der Waals surface area (Å²) in [7, 11) is 0. The van der Waals surface area contributed by atoms with Crippen molar-refractivity contribution in [2.24, 2.45) is 0 Å². The van der Waals surface area contributed by atoms with Gasteiger partial charge in [-0.05, 0) is 17.7 Å². The van der Waals surface area contributed by atoms with E-state index in [9.17, 15) is 13.6 Å². The van der Waals surface area contributed by atoms with Crippen LogP contribution in [0.25, 0.3) is 0 Å². The first kappa shape index (κ1) is 10.8. The summed E-state index contributed by atoms with van der Waals surface area (Å²) in [6, 6.07) is 3.56. The first-order valence-electron chi connectivity index (χ1n) is 4.54. The second-order valence-corrected chi connectivity index (χ2v) is 3.22. The highest BCUT2D eigenvalue weighted by Crippen LogP contribution is 2.19. The Labute approximate surface area is 81.7 Å². The molecule has 1 atom stereocenters. The zero-order chi connectivity index (χ0) is 10.7. The number of rotatable bonds is 3. The number of carbonyl (C=O) groups excluding carboxylic acids is 1. The van der Waals surface area contributed by atoms with Gasteiger partial charge in [-0.15, -0.1) is 0 Å². The molecule has 0 bridgehead atoms. The van der Waals surface area contributed by atoms with Gasteiger partial charge in [0.15, 0.2) is 11.6 Å². The first-order valence-corrected chi connectivity index (χ1v) is 4.54. The number of halogens is 2. The molecule has 3 heteroatoms. The van der Waals surface area contributed by atoms with Gasteiger partial charge >= 0.3 is 0 Å². The molecule has 0 radical (unpaired) electrons. The molecule has 0 spiro atoms. The highest BCUT2D eigenvalue weighted by molar-refractivity contribution is 5.84. The van der Waals surface area contributed by atoms with Crippen LogP contribution in [0.4, 0.5) is 8.78 Å². The Balaban J connectivity index is 2.96. The standard InChI is InChI=1S/C11H12F2O/c1-3-11(14)7(2)8-4-5-9(12)10(13)6-8/h4-7H,3H2,1-2H3. The summed E-state index contributed by atoms with van der Waals surface area (Å²) in [6.07, 6.45) is 0.403. The van der Waals surface area contributed by atoms with Crippen molar-refractivity contribution < 1.29 is 13.6 Å². The number of carbonyl (C=O) groups is 1. The van der Waals surface area contributed by atoms with Crippen LogP contribution in [0.3, 0.4) is 0 Å². The number of benzene rings is 1. The molecule has 0 saturated carbocycles. The molecule has 0 aliphatic rings. The van der Waals surface area contributed by atoms with Crippen LogP contribution < -0.4 is 0 Å². The molecule has 14 heavy (non-hydrogen) atoms. The number of ketones is 1. The van der Waals surface area contributed by atoms with Crippen molar-refractivity contribution in [2.45, 2.75) is 26.2 Å². The number of Topliss-reactive ketones (excluding diaryl/α,β-unsaturated/α-hetero) is 1. The summed E-state index contributed by atoms with van der Waals surface area (Å²) in [5.41, 5.74) is 0.524. The molecule has 1 aromatic carbocycles. The van der Waals surface area contributed by atoms with E-state index < -0.39 is 11.6 Å². The van der Waals surface area contributed by atoms with Crippen molar-refractivity contribution in [2.75, 3.05) is 0 Å². The predicted molar refractivity (Wildman–Crippen MR) is 50.1 cm³/mol. The molecule has 0 fully saturated rings. The molecule has 1 aromatic rings. The molecular formula is C11H12F2O. The predicted octanol–water partition coefficient (Wildman–Crippen LogP) is 3.05. The van der Waals surface area contributed by atoms with Gasteiger partial charge in [0.2, 0.25) is 0 Å². The maximum Gasteiger partial charge on any atom is 0.159 e. The lowest BCUT2D eigenvalue weighted by Crippen LogP contribution is -2.07. The lowest BCUT2D eigenvalue weighted by atomic mass is 9.95. The molecule has 0 N–H and O–H groups in total. The molecule has 0 heterocycles. The molecule has 0 saturated heterocycles. The average Bonchev–Trinajstić information content (AvgIpc) is 2.20. The second kappa shape index (κ2) is 4.31. The second-order valence-electron chi connectivity index (χ2n) is 3.22. The third-order valence-electron chi connectivity index (χ3n) is 2.28. The average molecular weight is 198 g/mol. The van der Waals surface area contributed by atoms with Crippen LogP contribution in [0.15, 0.2) is 18.2 Å². The van der Waals surface area contributed by atoms with Crippen LogP contribution in [-0.4, -0.2) is 5.78 Å². The largest absolute Gasteiger partial charge is 0.299 e. The first-order chi connectivity index (χ1) is 6.56. The summed E-state index contributed by atoms with van der Waals surface area (Å²) < 4.78 is 25.4. The fourth-order valence-corrected chi connectivity index (χ4v) is 1.27. The normalized spacial score (nSPS) is 12.6. The van der Waals surface area contributed by atoms with Crippen LogP contribution in [-0.2, 0) is 4.79 Å². The van der Waals surface area contributed by atoms with Crippen molar-refractivity contribution in [1.29, 1.82) is 0 Å². The Morgan fingerprint density at radius 1 is 1.36 bits per heavy atom. The van der Waals surface area contributed by atoms with Gasteiger partial charge < -0.3 is 0 Å². The Kier molecular flexibility index (Phi) is 3.33. The maximum atomic E-state index is 12.8. The lowest BCUT2D eigenvalue weighted by Gasteiger charge is -2.09. The number of hydrogen-bond donors (Lipinski definition) is 0. The van der Waals surface area contributed by atoms with Crippen molar-refractivity contribution in [3.05, 3.63) is 35.4 Å². The van der Waals surface area contributed by atoms with E-state index in [-0.39, 0.29) is 11.7 Å². The van der Waals surface area contributed by atoms with E-state index in [2.05, 4.69) is 0 Å². The van der Waals surface area contributed by atoms with E-state index in [4.69, 9.17) is 0 Å². The van der Waals surface area contributed by atoms with E-state index >= 15 is 0 Å². The quantitative estimate of drug-likeness (QED) is 0.729. The molecule has 76 valence electrons. The van der Waals surface area contributed by atoms with Gasteiger partial charge in [0.25, 0.3) is 0 Å². The highest BCUT2D eigenvalue weighted by Gasteiger charge is 2.14. The Morgan fingerprint density at radius 2 is 2.00 bits per heavy atom. The molecule has 0 amide bonds. The minimum Gasteiger partial charge on any atom is -0.299 e. The van der Waals surface area contributed by atoms with Crippen molar-refractivity contribution in [3.63, 3.8) is 0 Å². The minimum atomic E-state index is -0.904. The Hall–Kier alpha value is -1.25. The topological polar surface area (TPSA) is 17.1 Å². The van der Waals surface area contributed by atoms with Gasteiger partial charge in [0, 0.05) is 12.3 Å². The van der Waals surface area contributed by atoms with Crippen LogP contribution in [0.5, 0.6) is 0 Å². The molecule has 1 rings (SSSR count). The van der Waals surface area contributed by atoms with Crippen LogP contribution in [0, 0.1) is 11.6 Å². The summed E-state index contributed by atoms with van der Waals surface area (Å²) in [5, 5.41) is 0. The van der Waals surface area contributed by atoms with Crippen LogP contribution in [0.1, 0.15) is 31.7 Å². The fourth-order valence-electron chi connectivity index (χ4n) is 1.27. The van der Waals surface area contributed by atoms with E-state index in [1.165, 1.54) is 6.07 Å². The van der Waals surface area contributed by atoms with Crippen molar-refractivity contribution in [3.8, 4) is 0 Å². The lowest BCUT2D eigenvalue weighted by molar-refractivity contribution is -0.119. The Bertz CT molecular complexity index is 347. The maximum absolute atomic E-state index is 12.8. The molecule has 1 nitrogen and oxygen atoms in total. The van der Waals surface area contributed by atoms with Gasteiger partial charge in [0.1, 0.15) is 5.78 Å². The summed E-state index contributed by atoms with van der Waals surface area (Å²) >= 11 is 0. The molecular weight excluding hydrogens is 186 g/mol. The summed E-state index contributed by atoms with van der Waals surface area (Å²) in [6.45, 7) is 3.44. The third kappa shape index (κ3) is 2.16. The van der Waals surface area contributed by atoms with E-state index in [1.54, 1.807) is 13.8 Å². The van der Waals surface area contributed by atoms with Gasteiger partial charge in [-0.25, -0.2) is 8.78 Å². The zero-order valence-corrected chi connectivity index (χ0v) is 8.18. The van der Waals surface area contributed by atoms with Crippen LogP contribution in [0.2, 0.25) is 0 Å². The fraction of sp³-hybridized carbons (Fsp3) is 0.364. The SMILES string of the molecule is CCC(=O)C(C)c1ccc(F)c(F)c1. The van der Waals surface area contributed by atoms with Gasteiger partial charge in [-0.1, -0.05) is 19.9 Å².